The van der Waals surface area contributed by atoms with Crippen LogP contribution in [0, 0.1) is 0 Å². The minimum absolute atomic E-state index is 0.218. The van der Waals surface area contributed by atoms with Gasteiger partial charge >= 0.3 is 6.01 Å². The van der Waals surface area contributed by atoms with Crippen molar-refractivity contribution in [2.24, 2.45) is 5.73 Å². The lowest BCUT2D eigenvalue weighted by Gasteiger charge is -2.02. The number of nitrogens with one attached hydrogen (secondary N) is 1. The van der Waals surface area contributed by atoms with Crippen molar-refractivity contribution in [2.75, 3.05) is 12.1 Å². The highest BCUT2D eigenvalue weighted by atomic mass is 16.7. The van der Waals surface area contributed by atoms with Crippen molar-refractivity contribution in [1.82, 2.24) is 10.2 Å². The molecule has 2 heterocycles. The minimum atomic E-state index is 0.218. The van der Waals surface area contributed by atoms with Crippen LogP contribution >= 0.6 is 0 Å². The molecular formula is C10H10N4O3. The number of ether oxygens (including phenoxy) is 2. The summed E-state index contributed by atoms with van der Waals surface area (Å²) >= 11 is 0. The van der Waals surface area contributed by atoms with Crippen LogP contribution in [0.4, 0.5) is 11.7 Å². The zero-order chi connectivity index (χ0) is 11.7. The highest BCUT2D eigenvalue weighted by molar-refractivity contribution is 5.59. The van der Waals surface area contributed by atoms with Crippen LogP contribution in [0.3, 0.4) is 0 Å². The van der Waals surface area contributed by atoms with Crippen LogP contribution in [0.1, 0.15) is 5.89 Å². The van der Waals surface area contributed by atoms with Gasteiger partial charge in [-0.25, -0.2) is 0 Å². The Kier molecular flexibility index (Phi) is 2.30. The lowest BCUT2D eigenvalue weighted by molar-refractivity contribution is 0.174. The lowest BCUT2D eigenvalue weighted by atomic mass is 10.3. The van der Waals surface area contributed by atoms with Gasteiger partial charge in [0.05, 0.1) is 6.54 Å². The fourth-order valence-electron chi connectivity index (χ4n) is 1.48. The molecule has 0 unspecified atom stereocenters. The van der Waals surface area contributed by atoms with Crippen molar-refractivity contribution in [3.63, 3.8) is 0 Å². The largest absolute Gasteiger partial charge is 0.454 e. The Morgan fingerprint density at radius 1 is 1.24 bits per heavy atom. The maximum atomic E-state index is 5.37. The zero-order valence-corrected chi connectivity index (χ0v) is 8.84. The van der Waals surface area contributed by atoms with Crippen molar-refractivity contribution in [2.45, 2.75) is 6.54 Å². The summed E-state index contributed by atoms with van der Waals surface area (Å²) < 4.78 is 15.7. The molecule has 0 spiro atoms. The van der Waals surface area contributed by atoms with Gasteiger partial charge in [0.25, 0.3) is 0 Å². The van der Waals surface area contributed by atoms with E-state index in [1.807, 2.05) is 12.1 Å². The molecule has 1 aliphatic heterocycles. The predicted molar refractivity (Wildman–Crippen MR) is 58.0 cm³/mol. The van der Waals surface area contributed by atoms with Crippen molar-refractivity contribution in [3.05, 3.63) is 24.1 Å². The maximum absolute atomic E-state index is 5.37. The van der Waals surface area contributed by atoms with Gasteiger partial charge in [-0.05, 0) is 12.1 Å². The molecule has 88 valence electrons. The third-order valence-corrected chi connectivity index (χ3v) is 2.27. The van der Waals surface area contributed by atoms with E-state index in [0.717, 1.165) is 11.4 Å². The van der Waals surface area contributed by atoms with Crippen LogP contribution < -0.4 is 20.5 Å². The normalized spacial score (nSPS) is 12.8. The molecule has 0 saturated carbocycles. The first kappa shape index (κ1) is 9.91. The highest BCUT2D eigenvalue weighted by Crippen LogP contribution is 2.34. The van der Waals surface area contributed by atoms with E-state index in [2.05, 4.69) is 15.5 Å². The van der Waals surface area contributed by atoms with Crippen molar-refractivity contribution < 1.29 is 13.9 Å². The molecule has 17 heavy (non-hydrogen) atoms. The number of nitrogens with zero attached hydrogens (tertiary/aromatic N) is 2. The number of aromatic nitrogens is 2. The van der Waals surface area contributed by atoms with Crippen molar-refractivity contribution in [1.29, 1.82) is 0 Å². The third-order valence-electron chi connectivity index (χ3n) is 2.27. The van der Waals surface area contributed by atoms with Crippen LogP contribution in [0.2, 0.25) is 0 Å². The number of benzene rings is 1. The fourth-order valence-corrected chi connectivity index (χ4v) is 1.48. The summed E-state index contributed by atoms with van der Waals surface area (Å²) in [5.74, 6) is 1.80. The number of nitrogens with two attached hydrogens (primary N) is 1. The molecule has 1 aliphatic rings. The molecule has 0 bridgehead atoms. The van der Waals surface area contributed by atoms with Crippen LogP contribution in [-0.4, -0.2) is 17.0 Å². The molecule has 1 aromatic carbocycles. The molecule has 3 rings (SSSR count). The van der Waals surface area contributed by atoms with E-state index in [4.69, 9.17) is 19.6 Å². The Labute approximate surface area is 96.5 Å². The SMILES string of the molecule is NCc1nnc(Nc2ccc3c(c2)OCO3)o1. The summed E-state index contributed by atoms with van der Waals surface area (Å²) in [7, 11) is 0. The van der Waals surface area contributed by atoms with Gasteiger partial charge in [0, 0.05) is 11.8 Å². The second kappa shape index (κ2) is 3.95. The second-order valence-electron chi connectivity index (χ2n) is 3.40. The monoisotopic (exact) mass is 234 g/mol. The first-order valence-electron chi connectivity index (χ1n) is 5.04. The Morgan fingerprint density at radius 2 is 2.12 bits per heavy atom. The van der Waals surface area contributed by atoms with E-state index in [9.17, 15) is 0 Å². The highest BCUT2D eigenvalue weighted by Gasteiger charge is 2.14. The average Bonchev–Trinajstić information content (AvgIpc) is 2.96. The van der Waals surface area contributed by atoms with Crippen molar-refractivity contribution >= 4 is 11.7 Å². The number of fused-ring (bicyclic) bond motifs is 1. The van der Waals surface area contributed by atoms with Gasteiger partial charge in [-0.3, -0.25) is 0 Å². The summed E-state index contributed by atoms with van der Waals surface area (Å²) in [6.07, 6.45) is 0. The summed E-state index contributed by atoms with van der Waals surface area (Å²) in [4.78, 5) is 0. The van der Waals surface area contributed by atoms with E-state index >= 15 is 0 Å². The van der Waals surface area contributed by atoms with Gasteiger partial charge in [-0.15, -0.1) is 5.10 Å². The number of rotatable bonds is 3. The molecule has 0 aliphatic carbocycles. The molecule has 0 fully saturated rings. The topological polar surface area (TPSA) is 95.4 Å². The van der Waals surface area contributed by atoms with Crippen molar-refractivity contribution in [3.8, 4) is 11.5 Å². The van der Waals surface area contributed by atoms with E-state index in [0.29, 0.717) is 17.7 Å². The lowest BCUT2D eigenvalue weighted by Crippen LogP contribution is -1.95. The number of hydrogen-bond acceptors (Lipinski definition) is 7. The summed E-state index contributed by atoms with van der Waals surface area (Å²) in [5, 5.41) is 10.5. The Morgan fingerprint density at radius 3 is 2.94 bits per heavy atom. The van der Waals surface area contributed by atoms with E-state index in [-0.39, 0.29) is 13.3 Å². The van der Waals surface area contributed by atoms with Gasteiger partial charge in [0.2, 0.25) is 12.7 Å². The molecule has 0 amide bonds. The molecule has 7 heteroatoms. The quantitative estimate of drug-likeness (QED) is 0.817. The van der Waals surface area contributed by atoms with Gasteiger partial charge in [0.15, 0.2) is 11.5 Å². The molecule has 7 nitrogen and oxygen atoms in total. The first-order valence-corrected chi connectivity index (χ1v) is 5.04. The van der Waals surface area contributed by atoms with E-state index in [1.54, 1.807) is 6.07 Å². The molecular weight excluding hydrogens is 224 g/mol. The molecule has 0 radical (unpaired) electrons. The Hall–Kier alpha value is -2.28. The number of anilines is 2. The zero-order valence-electron chi connectivity index (χ0n) is 8.84. The van der Waals surface area contributed by atoms with Gasteiger partial charge < -0.3 is 24.9 Å². The molecule has 0 saturated heterocycles. The second-order valence-corrected chi connectivity index (χ2v) is 3.40. The van der Waals surface area contributed by atoms with Crippen LogP contribution in [0.15, 0.2) is 22.6 Å². The first-order chi connectivity index (χ1) is 8.35. The summed E-state index contributed by atoms with van der Waals surface area (Å²) in [5.41, 5.74) is 6.15. The predicted octanol–water partition coefficient (Wildman–Crippen LogP) is 1.00. The maximum Gasteiger partial charge on any atom is 0.320 e. The average molecular weight is 234 g/mol. The van der Waals surface area contributed by atoms with E-state index < -0.39 is 0 Å². The Bertz CT molecular complexity index is 540. The van der Waals surface area contributed by atoms with Crippen LogP contribution in [0.25, 0.3) is 0 Å². The molecule has 3 N–H and O–H groups in total. The van der Waals surface area contributed by atoms with Gasteiger partial charge in [-0.1, -0.05) is 5.10 Å². The minimum Gasteiger partial charge on any atom is -0.454 e. The van der Waals surface area contributed by atoms with Gasteiger partial charge in [0.1, 0.15) is 0 Å². The van der Waals surface area contributed by atoms with Gasteiger partial charge in [-0.2, -0.15) is 0 Å². The molecule has 2 aromatic rings. The summed E-state index contributed by atoms with van der Waals surface area (Å²) in [6, 6.07) is 5.74. The fraction of sp³-hybridized carbons (Fsp3) is 0.200. The number of hydrogen-bond donors (Lipinski definition) is 2. The van der Waals surface area contributed by atoms with Crippen LogP contribution in [-0.2, 0) is 6.54 Å². The molecule has 1 aromatic heterocycles. The third kappa shape index (κ3) is 1.87. The van der Waals surface area contributed by atoms with Crippen LogP contribution in [0.5, 0.6) is 11.5 Å². The Balaban J connectivity index is 1.80. The summed E-state index contributed by atoms with van der Waals surface area (Å²) in [6.45, 7) is 0.465. The standard InChI is InChI=1S/C10H10N4O3/c11-4-9-13-14-10(17-9)12-6-1-2-7-8(3-6)16-5-15-7/h1-3H,4-5,11H2,(H,12,14). The van der Waals surface area contributed by atoms with E-state index in [1.165, 1.54) is 0 Å². The smallest absolute Gasteiger partial charge is 0.320 e. The molecule has 0 atom stereocenters.